The molecule has 0 unspecified atom stereocenters. The van der Waals surface area contributed by atoms with Crippen molar-refractivity contribution in [1.82, 2.24) is 4.98 Å². The molecule has 0 fully saturated rings. The summed E-state index contributed by atoms with van der Waals surface area (Å²) in [4.78, 5) is 18.3. The van der Waals surface area contributed by atoms with E-state index in [0.717, 1.165) is 5.69 Å². The van der Waals surface area contributed by atoms with Crippen LogP contribution in [0.2, 0.25) is 0 Å². The molecule has 0 saturated heterocycles. The number of carbonyl (C=O) groups excluding carboxylic acids is 1. The number of amides is 1. The number of nitrogens with two attached hydrogens (primary N) is 1. The van der Waals surface area contributed by atoms with Crippen LogP contribution in [0.5, 0.6) is 5.75 Å². The van der Waals surface area contributed by atoms with Gasteiger partial charge in [-0.2, -0.15) is 0 Å². The Morgan fingerprint density at radius 2 is 2.19 bits per heavy atom. The highest BCUT2D eigenvalue weighted by Crippen LogP contribution is 2.36. The standard InChI is InChI=1S/C16H15N3O2/c1-2-19-13-7-6-11(17)9-14(13)21-15(16(19)20)10-12-5-3-4-8-18-12/h3-10H,2,17H2,1H3/b15-10+. The number of aromatic nitrogens is 1. The van der Waals surface area contributed by atoms with Crippen LogP contribution >= 0.6 is 0 Å². The number of likely N-dealkylation sites (N-methyl/N-ethyl adjacent to an activating group) is 1. The van der Waals surface area contributed by atoms with Gasteiger partial charge in [0.15, 0.2) is 11.5 Å². The summed E-state index contributed by atoms with van der Waals surface area (Å²) in [6.45, 7) is 2.47. The quantitative estimate of drug-likeness (QED) is 0.678. The lowest BCUT2D eigenvalue weighted by atomic mass is 10.2. The Balaban J connectivity index is 2.05. The molecule has 21 heavy (non-hydrogen) atoms. The molecule has 0 aliphatic carbocycles. The molecule has 0 saturated carbocycles. The Hall–Kier alpha value is -2.82. The zero-order chi connectivity index (χ0) is 14.8. The molecule has 1 aliphatic rings. The minimum Gasteiger partial charge on any atom is -0.449 e. The molecule has 0 bridgehead atoms. The Kier molecular flexibility index (Phi) is 3.31. The van der Waals surface area contributed by atoms with Gasteiger partial charge in [-0.15, -0.1) is 0 Å². The summed E-state index contributed by atoms with van der Waals surface area (Å²) in [6.07, 6.45) is 3.31. The average molecular weight is 281 g/mol. The molecular weight excluding hydrogens is 266 g/mol. The van der Waals surface area contributed by atoms with Gasteiger partial charge >= 0.3 is 0 Å². The maximum absolute atomic E-state index is 12.5. The predicted molar refractivity (Wildman–Crippen MR) is 81.7 cm³/mol. The van der Waals surface area contributed by atoms with E-state index < -0.39 is 0 Å². The van der Waals surface area contributed by atoms with Crippen molar-refractivity contribution in [1.29, 1.82) is 0 Å². The molecule has 0 radical (unpaired) electrons. The van der Waals surface area contributed by atoms with Gasteiger partial charge in [-0.25, -0.2) is 0 Å². The van der Waals surface area contributed by atoms with E-state index in [0.29, 0.717) is 23.7 Å². The van der Waals surface area contributed by atoms with Crippen LogP contribution in [0.15, 0.2) is 48.4 Å². The monoisotopic (exact) mass is 281 g/mol. The lowest BCUT2D eigenvalue weighted by Crippen LogP contribution is -2.37. The van der Waals surface area contributed by atoms with Gasteiger partial charge in [-0.1, -0.05) is 6.07 Å². The largest absolute Gasteiger partial charge is 0.449 e. The van der Waals surface area contributed by atoms with Crippen LogP contribution in [0.25, 0.3) is 6.08 Å². The van der Waals surface area contributed by atoms with Crippen LogP contribution in [-0.4, -0.2) is 17.4 Å². The Morgan fingerprint density at radius 3 is 2.90 bits per heavy atom. The fraction of sp³-hybridized carbons (Fsp3) is 0.125. The van der Waals surface area contributed by atoms with Crippen LogP contribution in [-0.2, 0) is 4.79 Å². The first-order valence-electron chi connectivity index (χ1n) is 6.71. The number of pyridine rings is 1. The van der Waals surface area contributed by atoms with Crippen molar-refractivity contribution >= 4 is 23.4 Å². The molecule has 5 heteroatoms. The molecule has 1 aliphatic heterocycles. The van der Waals surface area contributed by atoms with Gasteiger partial charge in [0.2, 0.25) is 0 Å². The third kappa shape index (κ3) is 2.45. The third-order valence-electron chi connectivity index (χ3n) is 3.23. The number of benzene rings is 1. The van der Waals surface area contributed by atoms with Crippen molar-refractivity contribution in [2.24, 2.45) is 0 Å². The van der Waals surface area contributed by atoms with E-state index in [4.69, 9.17) is 10.5 Å². The maximum atomic E-state index is 12.5. The second-order valence-electron chi connectivity index (χ2n) is 4.64. The fourth-order valence-electron chi connectivity index (χ4n) is 2.24. The third-order valence-corrected chi connectivity index (χ3v) is 3.23. The van der Waals surface area contributed by atoms with Gasteiger partial charge in [0, 0.05) is 30.6 Å². The molecule has 0 spiro atoms. The van der Waals surface area contributed by atoms with Gasteiger partial charge in [0.1, 0.15) is 0 Å². The normalized spacial score (nSPS) is 15.8. The van der Waals surface area contributed by atoms with Crippen molar-refractivity contribution in [3.8, 4) is 5.75 Å². The summed E-state index contributed by atoms with van der Waals surface area (Å²) in [5, 5.41) is 0. The van der Waals surface area contributed by atoms with E-state index >= 15 is 0 Å². The molecule has 2 aromatic rings. The smallest absolute Gasteiger partial charge is 0.294 e. The number of hydrogen-bond donors (Lipinski definition) is 1. The Labute approximate surface area is 122 Å². The lowest BCUT2D eigenvalue weighted by molar-refractivity contribution is -0.117. The molecule has 3 rings (SSSR count). The second kappa shape index (κ2) is 5.28. The summed E-state index contributed by atoms with van der Waals surface area (Å²) >= 11 is 0. The summed E-state index contributed by atoms with van der Waals surface area (Å²) in [5.41, 5.74) is 7.78. The number of rotatable bonds is 2. The highest BCUT2D eigenvalue weighted by Gasteiger charge is 2.29. The highest BCUT2D eigenvalue weighted by atomic mass is 16.5. The summed E-state index contributed by atoms with van der Waals surface area (Å²) < 4.78 is 5.71. The van der Waals surface area contributed by atoms with Gasteiger partial charge in [-0.05, 0) is 31.2 Å². The Bertz CT molecular complexity index is 711. The number of ether oxygens (including phenoxy) is 1. The average Bonchev–Trinajstić information content (AvgIpc) is 2.49. The van der Waals surface area contributed by atoms with Crippen LogP contribution in [0.3, 0.4) is 0 Å². The van der Waals surface area contributed by atoms with Crippen LogP contribution in [0, 0.1) is 0 Å². The van der Waals surface area contributed by atoms with Crippen molar-refractivity contribution in [2.45, 2.75) is 6.92 Å². The van der Waals surface area contributed by atoms with Gasteiger partial charge in [0.05, 0.1) is 11.4 Å². The molecule has 106 valence electrons. The zero-order valence-electron chi connectivity index (χ0n) is 11.6. The molecule has 1 aromatic heterocycles. The van der Waals surface area contributed by atoms with E-state index in [2.05, 4.69) is 4.98 Å². The minimum atomic E-state index is -0.180. The summed E-state index contributed by atoms with van der Waals surface area (Å²) in [5.74, 6) is 0.646. The van der Waals surface area contributed by atoms with Gasteiger partial charge < -0.3 is 15.4 Å². The molecule has 2 heterocycles. The number of fused-ring (bicyclic) bond motifs is 1. The Morgan fingerprint density at radius 1 is 1.33 bits per heavy atom. The molecule has 1 amide bonds. The second-order valence-corrected chi connectivity index (χ2v) is 4.64. The number of carbonyl (C=O) groups is 1. The lowest BCUT2D eigenvalue weighted by Gasteiger charge is -2.29. The van der Waals surface area contributed by atoms with E-state index in [1.165, 1.54) is 0 Å². The van der Waals surface area contributed by atoms with E-state index in [1.54, 1.807) is 35.4 Å². The first-order valence-corrected chi connectivity index (χ1v) is 6.71. The summed E-state index contributed by atoms with van der Waals surface area (Å²) in [6, 6.07) is 10.8. The van der Waals surface area contributed by atoms with Crippen molar-refractivity contribution in [3.05, 3.63) is 54.0 Å². The maximum Gasteiger partial charge on any atom is 0.294 e. The first-order chi connectivity index (χ1) is 10.2. The first kappa shape index (κ1) is 13.2. The molecular formula is C16H15N3O2. The van der Waals surface area contributed by atoms with Crippen LogP contribution in [0.4, 0.5) is 11.4 Å². The van der Waals surface area contributed by atoms with Crippen molar-refractivity contribution in [3.63, 3.8) is 0 Å². The molecule has 0 atom stereocenters. The van der Waals surface area contributed by atoms with Crippen LogP contribution < -0.4 is 15.4 Å². The number of nitrogen functional groups attached to an aromatic ring is 1. The molecule has 2 N–H and O–H groups in total. The topological polar surface area (TPSA) is 68.5 Å². The number of anilines is 2. The predicted octanol–water partition coefficient (Wildman–Crippen LogP) is 2.45. The van der Waals surface area contributed by atoms with E-state index in [1.807, 2.05) is 25.1 Å². The van der Waals surface area contributed by atoms with Crippen molar-refractivity contribution in [2.75, 3.05) is 17.2 Å². The van der Waals surface area contributed by atoms with E-state index in [9.17, 15) is 4.79 Å². The minimum absolute atomic E-state index is 0.180. The molecule has 5 nitrogen and oxygen atoms in total. The van der Waals surface area contributed by atoms with Crippen molar-refractivity contribution < 1.29 is 9.53 Å². The molecule has 1 aromatic carbocycles. The zero-order valence-corrected chi connectivity index (χ0v) is 11.6. The highest BCUT2D eigenvalue weighted by molar-refractivity contribution is 6.09. The van der Waals surface area contributed by atoms with Crippen LogP contribution in [0.1, 0.15) is 12.6 Å². The van der Waals surface area contributed by atoms with Gasteiger partial charge in [-0.3, -0.25) is 9.78 Å². The summed E-state index contributed by atoms with van der Waals surface area (Å²) in [7, 11) is 0. The van der Waals surface area contributed by atoms with E-state index in [-0.39, 0.29) is 11.7 Å². The SMILES string of the molecule is CCN1C(=O)/C(=C\c2ccccn2)Oc2cc(N)ccc21. The van der Waals surface area contributed by atoms with Gasteiger partial charge in [0.25, 0.3) is 5.91 Å². The fourth-order valence-corrected chi connectivity index (χ4v) is 2.24. The number of nitrogens with zero attached hydrogens (tertiary/aromatic N) is 2. The number of hydrogen-bond acceptors (Lipinski definition) is 4.